The maximum atomic E-state index is 13.3. The zero-order chi connectivity index (χ0) is 25.0. The van der Waals surface area contributed by atoms with Gasteiger partial charge in [-0.3, -0.25) is 4.72 Å². The van der Waals surface area contributed by atoms with Crippen molar-refractivity contribution in [2.24, 2.45) is 0 Å². The summed E-state index contributed by atoms with van der Waals surface area (Å²) < 4.78 is 46.3. The molecule has 1 saturated carbocycles. The molecule has 4 rings (SSSR count). The van der Waals surface area contributed by atoms with Crippen LogP contribution in [-0.4, -0.2) is 37.1 Å². The van der Waals surface area contributed by atoms with Gasteiger partial charge in [0.05, 0.1) is 7.11 Å². The number of nitrogens with zero attached hydrogens (tertiary/aromatic N) is 3. The van der Waals surface area contributed by atoms with E-state index in [9.17, 15) is 8.42 Å². The number of para-hydroxylation sites is 2. The third kappa shape index (κ3) is 5.71. The average Bonchev–Trinajstić information content (AvgIpc) is 3.70. The first-order valence-corrected chi connectivity index (χ1v) is 12.8. The fourth-order valence-corrected chi connectivity index (χ4v) is 4.19. The Morgan fingerprint density at radius 1 is 1.14 bits per heavy atom. The zero-order valence-electron chi connectivity index (χ0n) is 19.9. The van der Waals surface area contributed by atoms with E-state index in [1.807, 2.05) is 13.8 Å². The smallest absolute Gasteiger partial charge is 0.280 e. The fourth-order valence-electron chi connectivity index (χ4n) is 3.25. The van der Waals surface area contributed by atoms with Crippen LogP contribution in [0.3, 0.4) is 0 Å². The fraction of sp³-hybridized carbons (Fsp3) is 0.320. The summed E-state index contributed by atoms with van der Waals surface area (Å²) in [6.07, 6.45) is 4.95. The third-order valence-electron chi connectivity index (χ3n) is 5.35. The molecule has 10 heteroatoms. The molecule has 0 radical (unpaired) electrons. The van der Waals surface area contributed by atoms with Gasteiger partial charge in [0, 0.05) is 12.1 Å². The largest absolute Gasteiger partial charge is 0.493 e. The van der Waals surface area contributed by atoms with Crippen molar-refractivity contribution in [1.82, 2.24) is 15.0 Å². The molecule has 1 aromatic carbocycles. The van der Waals surface area contributed by atoms with Crippen molar-refractivity contribution in [3.05, 3.63) is 66.6 Å². The van der Waals surface area contributed by atoms with Crippen molar-refractivity contribution in [3.8, 4) is 23.1 Å². The molecule has 0 bridgehead atoms. The number of methoxy groups -OCH3 is 1. The predicted molar refractivity (Wildman–Crippen MR) is 132 cm³/mol. The lowest BCUT2D eigenvalue weighted by molar-refractivity contribution is 0.318. The van der Waals surface area contributed by atoms with Crippen molar-refractivity contribution in [1.29, 1.82) is 0 Å². The van der Waals surface area contributed by atoms with Crippen LogP contribution < -0.4 is 18.9 Å². The minimum absolute atomic E-state index is 0.0168. The molecule has 1 N–H and O–H groups in total. The molecule has 2 heterocycles. The predicted octanol–water partition coefficient (Wildman–Crippen LogP) is 5.04. The van der Waals surface area contributed by atoms with Gasteiger partial charge in [0.2, 0.25) is 5.75 Å². The van der Waals surface area contributed by atoms with Crippen LogP contribution in [0.15, 0.2) is 60.3 Å². The maximum absolute atomic E-state index is 13.3. The summed E-state index contributed by atoms with van der Waals surface area (Å²) in [7, 11) is -2.57. The minimum Gasteiger partial charge on any atom is -0.493 e. The summed E-state index contributed by atoms with van der Waals surface area (Å²) in [5.74, 6) is 1.72. The van der Waals surface area contributed by atoms with Gasteiger partial charge in [-0.2, -0.15) is 13.4 Å². The third-order valence-corrected chi connectivity index (χ3v) is 6.60. The van der Waals surface area contributed by atoms with Gasteiger partial charge < -0.3 is 14.2 Å². The average molecular weight is 497 g/mol. The van der Waals surface area contributed by atoms with Crippen LogP contribution in [0.2, 0.25) is 0 Å². The van der Waals surface area contributed by atoms with E-state index in [0.717, 1.165) is 18.4 Å². The highest BCUT2D eigenvalue weighted by atomic mass is 32.2. The monoisotopic (exact) mass is 496 g/mol. The zero-order valence-corrected chi connectivity index (χ0v) is 20.7. The molecule has 3 aromatic rings. The quantitative estimate of drug-likeness (QED) is 0.368. The number of anilines is 1. The van der Waals surface area contributed by atoms with Gasteiger partial charge in [-0.05, 0) is 42.5 Å². The van der Waals surface area contributed by atoms with Gasteiger partial charge in [-0.15, -0.1) is 0 Å². The first-order valence-electron chi connectivity index (χ1n) is 11.3. The normalized spacial score (nSPS) is 13.4. The van der Waals surface area contributed by atoms with E-state index < -0.39 is 10.0 Å². The van der Waals surface area contributed by atoms with Gasteiger partial charge >= 0.3 is 0 Å². The van der Waals surface area contributed by atoms with Crippen LogP contribution in [0.4, 0.5) is 5.82 Å². The molecule has 2 aromatic heterocycles. The van der Waals surface area contributed by atoms with Crippen molar-refractivity contribution in [3.63, 3.8) is 0 Å². The van der Waals surface area contributed by atoms with Gasteiger partial charge in [-0.1, -0.05) is 44.7 Å². The Morgan fingerprint density at radius 2 is 1.89 bits per heavy atom. The molecular formula is C25H28N4O5S. The Labute approximate surface area is 205 Å². The second-order valence-corrected chi connectivity index (χ2v) is 10.0. The first-order chi connectivity index (χ1) is 16.8. The Kier molecular flexibility index (Phi) is 7.20. The van der Waals surface area contributed by atoms with Gasteiger partial charge in [0.15, 0.2) is 22.3 Å². The van der Waals surface area contributed by atoms with Crippen molar-refractivity contribution in [2.75, 3.05) is 18.4 Å². The Bertz CT molecular complexity index is 1310. The topological polar surface area (TPSA) is 113 Å². The van der Waals surface area contributed by atoms with Crippen molar-refractivity contribution in [2.45, 2.75) is 43.6 Å². The van der Waals surface area contributed by atoms with E-state index in [4.69, 9.17) is 14.2 Å². The Hall–Kier alpha value is -3.66. The lowest BCUT2D eigenvalue weighted by atomic mass is 10.1. The number of nitrogens with one attached hydrogen (secondary N) is 1. The SMILES string of the molecule is C=CCOc1nc(C2CC2)nc(NS(=O)(=O)c2ccc(C(C)C)cn2)c1Oc1ccccc1OC. The molecule has 35 heavy (non-hydrogen) atoms. The van der Waals surface area contributed by atoms with Crippen LogP contribution in [0, 0.1) is 0 Å². The number of pyridine rings is 1. The summed E-state index contributed by atoms with van der Waals surface area (Å²) >= 11 is 0. The molecule has 9 nitrogen and oxygen atoms in total. The number of benzene rings is 1. The number of aromatic nitrogens is 3. The Morgan fingerprint density at radius 3 is 2.49 bits per heavy atom. The highest BCUT2D eigenvalue weighted by Gasteiger charge is 2.32. The molecule has 1 aliphatic rings. The van der Waals surface area contributed by atoms with Gasteiger partial charge in [-0.25, -0.2) is 9.97 Å². The number of hydrogen-bond acceptors (Lipinski definition) is 8. The molecule has 0 aliphatic heterocycles. The van der Waals surface area contributed by atoms with E-state index in [-0.39, 0.29) is 40.9 Å². The molecule has 0 spiro atoms. The van der Waals surface area contributed by atoms with Crippen molar-refractivity contribution >= 4 is 15.8 Å². The van der Waals surface area contributed by atoms with Crippen LogP contribution in [-0.2, 0) is 10.0 Å². The lowest BCUT2D eigenvalue weighted by Crippen LogP contribution is -2.17. The molecule has 0 atom stereocenters. The molecule has 0 amide bonds. The van der Waals surface area contributed by atoms with E-state index in [0.29, 0.717) is 17.3 Å². The highest BCUT2D eigenvalue weighted by molar-refractivity contribution is 7.92. The summed E-state index contributed by atoms with van der Waals surface area (Å²) in [6, 6.07) is 10.2. The number of hydrogen-bond donors (Lipinski definition) is 1. The second-order valence-electron chi connectivity index (χ2n) is 8.38. The lowest BCUT2D eigenvalue weighted by Gasteiger charge is -2.18. The van der Waals surface area contributed by atoms with Crippen LogP contribution >= 0.6 is 0 Å². The van der Waals surface area contributed by atoms with E-state index in [2.05, 4.69) is 26.3 Å². The van der Waals surface area contributed by atoms with E-state index >= 15 is 0 Å². The highest BCUT2D eigenvalue weighted by Crippen LogP contribution is 2.45. The van der Waals surface area contributed by atoms with E-state index in [1.165, 1.54) is 13.2 Å². The van der Waals surface area contributed by atoms with Crippen LogP contribution in [0.1, 0.15) is 49.9 Å². The van der Waals surface area contributed by atoms with E-state index in [1.54, 1.807) is 42.6 Å². The number of sulfonamides is 1. The first kappa shape index (κ1) is 24.5. The molecule has 1 aliphatic carbocycles. The summed E-state index contributed by atoms with van der Waals surface area (Å²) in [5.41, 5.74) is 0.933. The maximum Gasteiger partial charge on any atom is 0.280 e. The van der Waals surface area contributed by atoms with Crippen molar-refractivity contribution < 1.29 is 22.6 Å². The molecule has 0 saturated heterocycles. The van der Waals surface area contributed by atoms with Crippen LogP contribution in [0.25, 0.3) is 0 Å². The van der Waals surface area contributed by atoms with Gasteiger partial charge in [0.25, 0.3) is 15.9 Å². The summed E-state index contributed by atoms with van der Waals surface area (Å²) in [6.45, 7) is 7.85. The minimum atomic E-state index is -4.08. The number of rotatable bonds is 11. The summed E-state index contributed by atoms with van der Waals surface area (Å²) in [4.78, 5) is 13.2. The molecule has 0 unspecified atom stereocenters. The Balaban J connectivity index is 1.78. The molecular weight excluding hydrogens is 468 g/mol. The second kappa shape index (κ2) is 10.3. The van der Waals surface area contributed by atoms with Gasteiger partial charge in [0.1, 0.15) is 12.4 Å². The summed E-state index contributed by atoms with van der Waals surface area (Å²) in [5, 5.41) is -0.134. The molecule has 184 valence electrons. The standard InChI is InChI=1S/C25H28N4O5S/c1-5-14-33-25-22(34-20-9-7-6-8-19(20)32-4)24(27-23(28-25)17-10-11-17)29-35(30,31)21-13-12-18(15-26-21)16(2)3/h5-9,12-13,15-17H,1,10-11,14H2,2-4H3,(H,27,28,29). The van der Waals surface area contributed by atoms with Crippen LogP contribution in [0.5, 0.6) is 23.1 Å². The molecule has 1 fully saturated rings. The number of ether oxygens (including phenoxy) is 3.